The van der Waals surface area contributed by atoms with Crippen LogP contribution in [-0.2, 0) is 4.79 Å². The number of hydrogen-bond acceptors (Lipinski definition) is 5. The van der Waals surface area contributed by atoms with E-state index in [9.17, 15) is 9.59 Å². The average Bonchev–Trinajstić information content (AvgIpc) is 2.75. The molecule has 7 heteroatoms. The summed E-state index contributed by atoms with van der Waals surface area (Å²) in [7, 11) is 0. The largest absolute Gasteiger partial charge is 0.324 e. The third kappa shape index (κ3) is 3.95. The molecule has 0 spiro atoms. The van der Waals surface area contributed by atoms with E-state index in [1.54, 1.807) is 36.5 Å². The van der Waals surface area contributed by atoms with Gasteiger partial charge in [-0.2, -0.15) is 4.98 Å². The maximum atomic E-state index is 12.7. The summed E-state index contributed by atoms with van der Waals surface area (Å²) >= 11 is 0. The number of fused-ring (bicyclic) bond motifs is 1. The van der Waals surface area contributed by atoms with E-state index < -0.39 is 0 Å². The minimum absolute atomic E-state index is 0.241. The molecule has 30 heavy (non-hydrogen) atoms. The van der Waals surface area contributed by atoms with Gasteiger partial charge in [0.15, 0.2) is 5.65 Å². The Bertz CT molecular complexity index is 1310. The predicted octanol–water partition coefficient (Wildman–Crippen LogP) is 3.96. The van der Waals surface area contributed by atoms with Crippen molar-refractivity contribution in [3.63, 3.8) is 0 Å². The lowest BCUT2D eigenvalue weighted by Crippen LogP contribution is -2.19. The highest BCUT2D eigenvalue weighted by Crippen LogP contribution is 2.20. The van der Waals surface area contributed by atoms with Gasteiger partial charge in [-0.05, 0) is 49.4 Å². The maximum absolute atomic E-state index is 12.7. The minimum atomic E-state index is -0.329. The van der Waals surface area contributed by atoms with E-state index in [1.165, 1.54) is 16.7 Å². The molecule has 0 radical (unpaired) electrons. The number of hydrogen-bond donors (Lipinski definition) is 2. The molecule has 148 valence electrons. The van der Waals surface area contributed by atoms with Crippen LogP contribution in [0.4, 0.5) is 17.3 Å². The van der Waals surface area contributed by atoms with Crippen LogP contribution in [0, 0.1) is 6.92 Å². The summed E-state index contributed by atoms with van der Waals surface area (Å²) in [4.78, 5) is 33.3. The molecule has 2 heterocycles. The van der Waals surface area contributed by atoms with Gasteiger partial charge in [0.1, 0.15) is 0 Å². The number of amides is 1. The van der Waals surface area contributed by atoms with E-state index in [0.29, 0.717) is 28.4 Å². The molecule has 0 saturated heterocycles. The van der Waals surface area contributed by atoms with Gasteiger partial charge in [0, 0.05) is 29.0 Å². The van der Waals surface area contributed by atoms with E-state index >= 15 is 0 Å². The Balaban J connectivity index is 1.79. The predicted molar refractivity (Wildman–Crippen MR) is 118 cm³/mol. The first-order chi connectivity index (χ1) is 14.5. The van der Waals surface area contributed by atoms with Gasteiger partial charge in [-0.25, -0.2) is 4.98 Å². The van der Waals surface area contributed by atoms with Crippen LogP contribution < -0.4 is 16.2 Å². The molecule has 2 N–H and O–H groups in total. The zero-order chi connectivity index (χ0) is 21.1. The van der Waals surface area contributed by atoms with E-state index in [2.05, 4.69) is 27.2 Å². The number of nitrogens with zero attached hydrogens (tertiary/aromatic N) is 3. The quantitative estimate of drug-likeness (QED) is 0.498. The molecule has 0 bridgehead atoms. The first-order valence-corrected chi connectivity index (χ1v) is 9.30. The number of benzene rings is 2. The smallest absolute Gasteiger partial charge is 0.256 e. The van der Waals surface area contributed by atoms with Crippen LogP contribution in [0.25, 0.3) is 16.7 Å². The molecule has 1 amide bonds. The Labute approximate surface area is 172 Å². The zero-order valence-electron chi connectivity index (χ0n) is 16.3. The molecule has 4 rings (SSSR count). The van der Waals surface area contributed by atoms with Gasteiger partial charge in [0.25, 0.3) is 5.56 Å². The van der Waals surface area contributed by atoms with Crippen LogP contribution in [0.2, 0.25) is 0 Å². The van der Waals surface area contributed by atoms with E-state index in [0.717, 1.165) is 11.3 Å². The van der Waals surface area contributed by atoms with E-state index in [1.807, 2.05) is 31.2 Å². The van der Waals surface area contributed by atoms with Gasteiger partial charge in [0.05, 0.1) is 5.69 Å². The van der Waals surface area contributed by atoms with Crippen molar-refractivity contribution < 1.29 is 4.79 Å². The van der Waals surface area contributed by atoms with E-state index in [4.69, 9.17) is 0 Å². The van der Waals surface area contributed by atoms with Gasteiger partial charge in [-0.3, -0.25) is 14.2 Å². The molecular weight excluding hydrogens is 378 g/mol. The Morgan fingerprint density at radius 2 is 1.87 bits per heavy atom. The number of aromatic nitrogens is 3. The SMILES string of the molecule is C=CC(=O)Nc1cccc(-n2c(=O)ccc3cnc(Nc4ccc(C)cc4)nc32)c1. The van der Waals surface area contributed by atoms with Crippen molar-refractivity contribution in [2.75, 3.05) is 10.6 Å². The standard InChI is InChI=1S/C23H19N5O2/c1-3-20(29)25-18-5-4-6-19(13-18)28-21(30)12-9-16-14-24-23(27-22(16)28)26-17-10-7-15(2)8-11-17/h3-14H,1H2,2H3,(H,25,29)(H,24,26,27). The lowest BCUT2D eigenvalue weighted by atomic mass is 10.2. The monoisotopic (exact) mass is 397 g/mol. The van der Waals surface area contributed by atoms with Crippen LogP contribution in [0.5, 0.6) is 0 Å². The Kier molecular flexibility index (Phi) is 5.09. The highest BCUT2D eigenvalue weighted by atomic mass is 16.1. The van der Waals surface area contributed by atoms with Crippen molar-refractivity contribution in [3.8, 4) is 5.69 Å². The van der Waals surface area contributed by atoms with Crippen LogP contribution in [0.15, 0.2) is 84.3 Å². The first kappa shape index (κ1) is 19.1. The second-order valence-electron chi connectivity index (χ2n) is 6.71. The molecule has 0 unspecified atom stereocenters. The molecule has 2 aromatic heterocycles. The molecular formula is C23H19N5O2. The van der Waals surface area contributed by atoms with Crippen molar-refractivity contribution in [1.29, 1.82) is 0 Å². The normalized spacial score (nSPS) is 10.6. The third-order valence-electron chi connectivity index (χ3n) is 4.50. The Morgan fingerprint density at radius 1 is 1.07 bits per heavy atom. The molecule has 7 nitrogen and oxygen atoms in total. The van der Waals surface area contributed by atoms with Crippen molar-refractivity contribution in [2.24, 2.45) is 0 Å². The van der Waals surface area contributed by atoms with Crippen molar-refractivity contribution in [2.45, 2.75) is 6.92 Å². The van der Waals surface area contributed by atoms with Crippen LogP contribution in [-0.4, -0.2) is 20.4 Å². The fraction of sp³-hybridized carbons (Fsp3) is 0.0435. The number of rotatable bonds is 5. The minimum Gasteiger partial charge on any atom is -0.324 e. The Hall–Kier alpha value is -4.26. The number of anilines is 3. The molecule has 0 atom stereocenters. The number of aryl methyl sites for hydroxylation is 1. The van der Waals surface area contributed by atoms with Gasteiger partial charge < -0.3 is 10.6 Å². The lowest BCUT2D eigenvalue weighted by Gasteiger charge is -2.12. The molecule has 4 aromatic rings. The van der Waals surface area contributed by atoms with Gasteiger partial charge >= 0.3 is 0 Å². The molecule has 0 aliphatic carbocycles. The molecule has 0 fully saturated rings. The second-order valence-corrected chi connectivity index (χ2v) is 6.71. The third-order valence-corrected chi connectivity index (χ3v) is 4.50. The summed E-state index contributed by atoms with van der Waals surface area (Å²) < 4.78 is 1.49. The topological polar surface area (TPSA) is 88.9 Å². The highest BCUT2D eigenvalue weighted by molar-refractivity contribution is 5.99. The molecule has 0 aliphatic heterocycles. The first-order valence-electron chi connectivity index (χ1n) is 9.30. The van der Waals surface area contributed by atoms with Crippen LogP contribution in [0.3, 0.4) is 0 Å². The average molecular weight is 397 g/mol. The van der Waals surface area contributed by atoms with Crippen LogP contribution in [0.1, 0.15) is 5.56 Å². The van der Waals surface area contributed by atoms with Crippen molar-refractivity contribution >= 4 is 34.3 Å². The fourth-order valence-electron chi connectivity index (χ4n) is 3.01. The highest BCUT2D eigenvalue weighted by Gasteiger charge is 2.10. The fourth-order valence-corrected chi connectivity index (χ4v) is 3.01. The number of carbonyl (C=O) groups excluding carboxylic acids is 1. The number of nitrogens with one attached hydrogen (secondary N) is 2. The van der Waals surface area contributed by atoms with Crippen molar-refractivity contribution in [1.82, 2.24) is 14.5 Å². The molecule has 2 aromatic carbocycles. The zero-order valence-corrected chi connectivity index (χ0v) is 16.3. The summed E-state index contributed by atoms with van der Waals surface area (Å²) in [6, 6.07) is 18.0. The summed E-state index contributed by atoms with van der Waals surface area (Å²) in [5, 5.41) is 6.57. The molecule has 0 saturated carbocycles. The van der Waals surface area contributed by atoms with E-state index in [-0.39, 0.29) is 11.5 Å². The second kappa shape index (κ2) is 8.00. The molecule has 0 aliphatic rings. The summed E-state index contributed by atoms with van der Waals surface area (Å²) in [6.07, 6.45) is 2.85. The summed E-state index contributed by atoms with van der Waals surface area (Å²) in [5.41, 5.74) is 3.34. The number of carbonyl (C=O) groups is 1. The van der Waals surface area contributed by atoms with Crippen LogP contribution >= 0.6 is 0 Å². The van der Waals surface area contributed by atoms with Gasteiger partial charge in [0.2, 0.25) is 11.9 Å². The lowest BCUT2D eigenvalue weighted by molar-refractivity contribution is -0.111. The van der Waals surface area contributed by atoms with Crippen molar-refractivity contribution in [3.05, 3.63) is 95.4 Å². The Morgan fingerprint density at radius 3 is 2.63 bits per heavy atom. The van der Waals surface area contributed by atoms with Gasteiger partial charge in [-0.1, -0.05) is 30.3 Å². The van der Waals surface area contributed by atoms with Gasteiger partial charge in [-0.15, -0.1) is 0 Å². The summed E-state index contributed by atoms with van der Waals surface area (Å²) in [6.45, 7) is 5.46. The maximum Gasteiger partial charge on any atom is 0.256 e. The summed E-state index contributed by atoms with van der Waals surface area (Å²) in [5.74, 6) is 0.0474. The number of pyridine rings is 1.